The van der Waals surface area contributed by atoms with Crippen LogP contribution in [0.4, 0.5) is 5.69 Å². The topological polar surface area (TPSA) is 69.0 Å². The number of rotatable bonds is 6. The molecule has 1 N–H and O–H groups in total. The first-order valence-electron chi connectivity index (χ1n) is 10.2. The van der Waals surface area contributed by atoms with E-state index in [1.54, 1.807) is 0 Å². The van der Waals surface area contributed by atoms with Gasteiger partial charge in [-0.2, -0.15) is 0 Å². The molecule has 0 saturated heterocycles. The van der Waals surface area contributed by atoms with Crippen molar-refractivity contribution in [2.24, 2.45) is 0 Å². The molecule has 1 aliphatic heterocycles. The number of nitrogens with one attached hydrogen (secondary N) is 1. The number of nitrogens with zero attached hydrogens (tertiary/aromatic N) is 3. The zero-order chi connectivity index (χ0) is 20.1. The smallest absolute Gasteiger partial charge is 0.227 e. The van der Waals surface area contributed by atoms with Crippen molar-refractivity contribution in [3.05, 3.63) is 59.9 Å². The molecule has 0 atom stereocenters. The molecule has 150 valence electrons. The van der Waals surface area contributed by atoms with E-state index in [1.165, 1.54) is 18.4 Å². The summed E-state index contributed by atoms with van der Waals surface area (Å²) in [4.78, 5) is 12.3. The molecule has 29 heavy (non-hydrogen) atoms. The molecule has 6 nitrogen and oxygen atoms in total. The van der Waals surface area contributed by atoms with Crippen LogP contribution in [0.25, 0.3) is 11.4 Å². The van der Waals surface area contributed by atoms with Gasteiger partial charge in [0.25, 0.3) is 0 Å². The van der Waals surface area contributed by atoms with Gasteiger partial charge < -0.3 is 14.6 Å². The lowest BCUT2D eigenvalue weighted by atomic mass is 10.2. The second-order valence-corrected chi connectivity index (χ2v) is 7.44. The van der Waals surface area contributed by atoms with Crippen LogP contribution in [0.2, 0.25) is 0 Å². The molecule has 4 rings (SSSR count). The summed E-state index contributed by atoms with van der Waals surface area (Å²) in [5, 5.41) is 11.7. The lowest BCUT2D eigenvalue weighted by Crippen LogP contribution is -2.15. The Balaban J connectivity index is 1.37. The number of ether oxygens (including phenoxy) is 1. The van der Waals surface area contributed by atoms with Crippen LogP contribution in [0.3, 0.4) is 0 Å². The predicted octanol–water partition coefficient (Wildman–Crippen LogP) is 4.39. The van der Waals surface area contributed by atoms with E-state index in [0.29, 0.717) is 13.0 Å². The summed E-state index contributed by atoms with van der Waals surface area (Å²) >= 11 is 0. The van der Waals surface area contributed by atoms with Gasteiger partial charge in [-0.1, -0.05) is 36.2 Å². The van der Waals surface area contributed by atoms with Crippen molar-refractivity contribution in [3.8, 4) is 17.1 Å². The molecule has 0 radical (unpaired) electrons. The predicted molar refractivity (Wildman–Crippen MR) is 113 cm³/mol. The largest absolute Gasteiger partial charge is 0.493 e. The first kappa shape index (κ1) is 19.2. The second kappa shape index (κ2) is 8.90. The Bertz CT molecular complexity index is 979. The number of amides is 1. The van der Waals surface area contributed by atoms with Crippen LogP contribution in [-0.2, 0) is 17.8 Å². The zero-order valence-electron chi connectivity index (χ0n) is 16.7. The van der Waals surface area contributed by atoms with E-state index < -0.39 is 0 Å². The number of aromatic nitrogens is 3. The van der Waals surface area contributed by atoms with Crippen molar-refractivity contribution in [2.75, 3.05) is 11.9 Å². The fourth-order valence-corrected chi connectivity index (χ4v) is 3.55. The summed E-state index contributed by atoms with van der Waals surface area (Å²) in [5.74, 6) is 2.63. The van der Waals surface area contributed by atoms with Crippen molar-refractivity contribution in [1.82, 2.24) is 14.8 Å². The summed E-state index contributed by atoms with van der Waals surface area (Å²) in [6.07, 6.45) is 4.81. The van der Waals surface area contributed by atoms with Crippen LogP contribution in [0.15, 0.2) is 48.5 Å². The Morgan fingerprint density at radius 3 is 2.83 bits per heavy atom. The van der Waals surface area contributed by atoms with Gasteiger partial charge in [-0.15, -0.1) is 10.2 Å². The lowest BCUT2D eigenvalue weighted by molar-refractivity contribution is -0.116. The van der Waals surface area contributed by atoms with Crippen molar-refractivity contribution in [3.63, 3.8) is 0 Å². The molecule has 0 bridgehead atoms. The summed E-state index contributed by atoms with van der Waals surface area (Å²) in [6, 6.07) is 15.6. The standard InChI is InChI=1S/C23H26N4O2/c1-17-9-11-20(12-10-17)29-15-13-22(28)24-19-7-5-6-18(16-19)23-26-25-21-8-3-2-4-14-27(21)23/h5-7,9-12,16H,2-4,8,13-15H2,1H3,(H,24,28). The lowest BCUT2D eigenvalue weighted by Gasteiger charge is -2.10. The number of carbonyl (C=O) groups is 1. The van der Waals surface area contributed by atoms with E-state index >= 15 is 0 Å². The summed E-state index contributed by atoms with van der Waals surface area (Å²) in [7, 11) is 0. The number of benzene rings is 2. The molecule has 3 aromatic rings. The van der Waals surface area contributed by atoms with Crippen LogP contribution in [-0.4, -0.2) is 27.3 Å². The average Bonchev–Trinajstić information content (AvgIpc) is 2.98. The van der Waals surface area contributed by atoms with E-state index in [0.717, 1.165) is 48.0 Å². The molecular formula is C23H26N4O2. The minimum absolute atomic E-state index is 0.0747. The van der Waals surface area contributed by atoms with Crippen LogP contribution in [0.5, 0.6) is 5.75 Å². The van der Waals surface area contributed by atoms with Crippen molar-refractivity contribution >= 4 is 11.6 Å². The first-order valence-corrected chi connectivity index (χ1v) is 10.2. The molecule has 0 saturated carbocycles. The zero-order valence-corrected chi connectivity index (χ0v) is 16.7. The van der Waals surface area contributed by atoms with Gasteiger partial charge in [0.2, 0.25) is 5.91 Å². The van der Waals surface area contributed by atoms with Crippen LogP contribution in [0.1, 0.15) is 37.1 Å². The Hall–Kier alpha value is -3.15. The maximum Gasteiger partial charge on any atom is 0.227 e. The van der Waals surface area contributed by atoms with Gasteiger partial charge in [0.15, 0.2) is 5.82 Å². The van der Waals surface area contributed by atoms with E-state index in [9.17, 15) is 4.79 Å². The van der Waals surface area contributed by atoms with Gasteiger partial charge in [-0.25, -0.2) is 0 Å². The van der Waals surface area contributed by atoms with Gasteiger partial charge >= 0.3 is 0 Å². The highest BCUT2D eigenvalue weighted by Gasteiger charge is 2.16. The SMILES string of the molecule is Cc1ccc(OCCC(=O)Nc2cccc(-c3nnc4n3CCCCC4)c2)cc1. The van der Waals surface area contributed by atoms with Gasteiger partial charge in [0, 0.05) is 24.2 Å². The molecular weight excluding hydrogens is 364 g/mol. The normalized spacial score (nSPS) is 13.4. The van der Waals surface area contributed by atoms with Gasteiger partial charge in [0.1, 0.15) is 11.6 Å². The number of hydrogen-bond acceptors (Lipinski definition) is 4. The molecule has 0 fully saturated rings. The van der Waals surface area contributed by atoms with E-state index in [4.69, 9.17) is 4.74 Å². The maximum atomic E-state index is 12.3. The molecule has 1 aromatic heterocycles. The van der Waals surface area contributed by atoms with Crippen LogP contribution in [0, 0.1) is 6.92 Å². The third-order valence-electron chi connectivity index (χ3n) is 5.13. The molecule has 2 heterocycles. The third-order valence-corrected chi connectivity index (χ3v) is 5.13. The molecule has 2 aromatic carbocycles. The van der Waals surface area contributed by atoms with Gasteiger partial charge in [-0.3, -0.25) is 4.79 Å². The Morgan fingerprint density at radius 1 is 1.10 bits per heavy atom. The highest BCUT2D eigenvalue weighted by atomic mass is 16.5. The minimum atomic E-state index is -0.0747. The van der Waals surface area contributed by atoms with E-state index in [1.807, 2.05) is 55.5 Å². The highest BCUT2D eigenvalue weighted by molar-refractivity contribution is 5.91. The fraction of sp³-hybridized carbons (Fsp3) is 0.348. The minimum Gasteiger partial charge on any atom is -0.493 e. The number of anilines is 1. The van der Waals surface area contributed by atoms with Gasteiger partial charge in [-0.05, 0) is 44.0 Å². The molecule has 1 aliphatic rings. The Morgan fingerprint density at radius 2 is 1.97 bits per heavy atom. The quantitative estimate of drug-likeness (QED) is 0.678. The highest BCUT2D eigenvalue weighted by Crippen LogP contribution is 2.25. The van der Waals surface area contributed by atoms with Crippen molar-refractivity contribution in [2.45, 2.75) is 45.6 Å². The fourth-order valence-electron chi connectivity index (χ4n) is 3.55. The van der Waals surface area contributed by atoms with Crippen LogP contribution < -0.4 is 10.1 Å². The van der Waals surface area contributed by atoms with Crippen LogP contribution >= 0.6 is 0 Å². The van der Waals surface area contributed by atoms with Gasteiger partial charge in [0.05, 0.1) is 13.0 Å². The summed E-state index contributed by atoms with van der Waals surface area (Å²) in [5.41, 5.74) is 2.91. The maximum absolute atomic E-state index is 12.3. The summed E-state index contributed by atoms with van der Waals surface area (Å²) < 4.78 is 7.86. The molecule has 0 spiro atoms. The number of carbonyl (C=O) groups excluding carboxylic acids is 1. The Kier molecular flexibility index (Phi) is 5.89. The third kappa shape index (κ3) is 4.83. The Labute approximate surface area is 170 Å². The number of fused-ring (bicyclic) bond motifs is 1. The van der Waals surface area contributed by atoms with Crippen molar-refractivity contribution < 1.29 is 9.53 Å². The van der Waals surface area contributed by atoms with Crippen molar-refractivity contribution in [1.29, 1.82) is 0 Å². The molecule has 6 heteroatoms. The van der Waals surface area contributed by atoms with E-state index in [2.05, 4.69) is 20.1 Å². The van der Waals surface area contributed by atoms with E-state index in [-0.39, 0.29) is 5.91 Å². The average molecular weight is 390 g/mol. The molecule has 1 amide bonds. The second-order valence-electron chi connectivity index (χ2n) is 7.44. The first-order chi connectivity index (χ1) is 14.2. The molecule has 0 aliphatic carbocycles. The molecule has 0 unspecified atom stereocenters. The summed E-state index contributed by atoms with van der Waals surface area (Å²) in [6.45, 7) is 3.32. The number of aryl methyl sites for hydroxylation is 2. The number of hydrogen-bond donors (Lipinski definition) is 1. The monoisotopic (exact) mass is 390 g/mol.